The van der Waals surface area contributed by atoms with E-state index >= 15 is 0 Å². The van der Waals surface area contributed by atoms with Crippen molar-refractivity contribution in [1.82, 2.24) is 0 Å². The largest absolute Gasteiger partial charge is 0.480 e. The van der Waals surface area contributed by atoms with Crippen LogP contribution in [0, 0.1) is 5.41 Å². The lowest BCUT2D eigenvalue weighted by Gasteiger charge is -2.67. The van der Waals surface area contributed by atoms with Crippen LogP contribution in [0.3, 0.4) is 0 Å². The van der Waals surface area contributed by atoms with Gasteiger partial charge in [-0.15, -0.1) is 12.4 Å². The molecule has 3 aliphatic rings. The number of rotatable bonds is 2. The highest BCUT2D eigenvalue weighted by atomic mass is 35.5. The highest BCUT2D eigenvalue weighted by Gasteiger charge is 2.72. The monoisotopic (exact) mass is 195 g/mol. The summed E-state index contributed by atoms with van der Waals surface area (Å²) >= 11 is 0. The fraction of sp³-hybridized carbons (Fsp3) is 0.857. The van der Waals surface area contributed by atoms with E-state index in [1.54, 1.807) is 0 Å². The smallest absolute Gasteiger partial charge is 0.321 e. The molecule has 0 spiro atoms. The van der Waals surface area contributed by atoms with Crippen LogP contribution >= 0.6 is 12.4 Å². The molecule has 3 saturated carbocycles. The number of alkyl halides is 1. The van der Waals surface area contributed by atoms with Gasteiger partial charge in [-0.1, -0.05) is 0 Å². The van der Waals surface area contributed by atoms with Crippen molar-refractivity contribution in [2.24, 2.45) is 11.1 Å². The minimum atomic E-state index is -1.05. The molecule has 12 heavy (non-hydrogen) atoms. The zero-order chi connectivity index (χ0) is 8.28. The third kappa shape index (κ3) is 0.944. The number of aliphatic carboxylic acids is 1. The number of carboxylic acids is 1. The zero-order valence-electron chi connectivity index (χ0n) is 6.42. The Morgan fingerprint density at radius 3 is 2.17 bits per heavy atom. The van der Waals surface area contributed by atoms with Crippen molar-refractivity contribution in [3.8, 4) is 0 Å². The summed E-state index contributed by atoms with van der Waals surface area (Å²) in [4.78, 5) is 10.4. The molecule has 0 unspecified atom stereocenters. The summed E-state index contributed by atoms with van der Waals surface area (Å²) in [5, 5.41) is 8.54. The Morgan fingerprint density at radius 1 is 1.50 bits per heavy atom. The van der Waals surface area contributed by atoms with Gasteiger partial charge >= 0.3 is 5.97 Å². The number of hydrogen-bond acceptors (Lipinski definition) is 2. The van der Waals surface area contributed by atoms with Crippen LogP contribution < -0.4 is 5.73 Å². The van der Waals surface area contributed by atoms with Gasteiger partial charge in [0.25, 0.3) is 0 Å². The van der Waals surface area contributed by atoms with Gasteiger partial charge in [0.1, 0.15) is 11.7 Å². The average molecular weight is 196 g/mol. The number of carboxylic acid groups (broad SMARTS) is 1. The molecule has 70 valence electrons. The quantitative estimate of drug-likeness (QED) is 0.682. The third-order valence-electron chi connectivity index (χ3n) is 2.93. The van der Waals surface area contributed by atoms with Gasteiger partial charge in [-0.2, -0.15) is 0 Å². The Hall–Kier alpha value is -0.350. The van der Waals surface area contributed by atoms with Crippen LogP contribution in [-0.2, 0) is 4.79 Å². The minimum absolute atomic E-state index is 0. The average Bonchev–Trinajstić information content (AvgIpc) is 1.77. The van der Waals surface area contributed by atoms with E-state index in [2.05, 4.69) is 0 Å². The van der Waals surface area contributed by atoms with Crippen LogP contribution in [0.2, 0.25) is 0 Å². The first kappa shape index (κ1) is 9.74. The second-order valence-corrected chi connectivity index (χ2v) is 3.86. The standard InChI is InChI=1S/C7H10FNO2.ClH/c8-7-1-6(2-7,3-7)4(9)5(10)11;/h4H,1-3,9H2,(H,10,11);1H/t4-,6?,7?;/m1./s1. The van der Waals surface area contributed by atoms with Crippen molar-refractivity contribution in [3.05, 3.63) is 0 Å². The Balaban J connectivity index is 0.000000720. The lowest BCUT2D eigenvalue weighted by Crippen LogP contribution is -2.72. The summed E-state index contributed by atoms with van der Waals surface area (Å²) in [5.74, 6) is -1.01. The van der Waals surface area contributed by atoms with Crippen LogP contribution in [0.5, 0.6) is 0 Å². The van der Waals surface area contributed by atoms with Crippen LogP contribution in [0.25, 0.3) is 0 Å². The van der Waals surface area contributed by atoms with E-state index in [0.29, 0.717) is 19.3 Å². The molecule has 0 amide bonds. The molecule has 0 saturated heterocycles. The number of hydrogen-bond donors (Lipinski definition) is 2. The lowest BCUT2D eigenvalue weighted by atomic mass is 9.40. The van der Waals surface area contributed by atoms with Gasteiger partial charge < -0.3 is 10.8 Å². The second-order valence-electron chi connectivity index (χ2n) is 3.86. The second kappa shape index (κ2) is 2.33. The van der Waals surface area contributed by atoms with Gasteiger partial charge in [0.2, 0.25) is 0 Å². The van der Waals surface area contributed by atoms with Gasteiger partial charge in [0.15, 0.2) is 0 Å². The van der Waals surface area contributed by atoms with E-state index in [0.717, 1.165) is 0 Å². The highest BCUT2D eigenvalue weighted by molar-refractivity contribution is 5.85. The summed E-state index contributed by atoms with van der Waals surface area (Å²) in [7, 11) is 0. The van der Waals surface area contributed by atoms with E-state index in [4.69, 9.17) is 10.8 Å². The van der Waals surface area contributed by atoms with Gasteiger partial charge in [0, 0.05) is 5.41 Å². The Morgan fingerprint density at radius 2 is 1.92 bits per heavy atom. The minimum Gasteiger partial charge on any atom is -0.480 e. The third-order valence-corrected chi connectivity index (χ3v) is 2.93. The van der Waals surface area contributed by atoms with Gasteiger partial charge in [-0.3, -0.25) is 4.79 Å². The SMILES string of the molecule is Cl.N[C@H](C(=O)O)C12CC(F)(C1)C2. The van der Waals surface area contributed by atoms with Crippen LogP contribution in [0.15, 0.2) is 0 Å². The first-order chi connectivity index (χ1) is 4.98. The fourth-order valence-electron chi connectivity index (χ4n) is 2.33. The number of nitrogens with two attached hydrogens (primary N) is 1. The molecular formula is C7H11ClFNO2. The van der Waals surface area contributed by atoms with Crippen molar-refractivity contribution in [2.75, 3.05) is 0 Å². The van der Waals surface area contributed by atoms with E-state index in [1.165, 1.54) is 0 Å². The molecule has 3 rings (SSSR count). The van der Waals surface area contributed by atoms with Crippen molar-refractivity contribution >= 4 is 18.4 Å². The molecule has 0 heterocycles. The van der Waals surface area contributed by atoms with Crippen molar-refractivity contribution in [2.45, 2.75) is 31.0 Å². The maximum Gasteiger partial charge on any atom is 0.321 e. The molecule has 0 aromatic carbocycles. The van der Waals surface area contributed by atoms with Crippen molar-refractivity contribution in [3.63, 3.8) is 0 Å². The highest BCUT2D eigenvalue weighted by Crippen LogP contribution is 2.70. The molecule has 3 N–H and O–H groups in total. The van der Waals surface area contributed by atoms with Crippen LogP contribution in [-0.4, -0.2) is 22.8 Å². The molecule has 0 radical (unpaired) electrons. The molecule has 0 aliphatic heterocycles. The molecule has 3 aliphatic carbocycles. The topological polar surface area (TPSA) is 63.3 Å². The maximum atomic E-state index is 12.9. The zero-order valence-corrected chi connectivity index (χ0v) is 7.23. The van der Waals surface area contributed by atoms with Gasteiger partial charge in [0.05, 0.1) is 0 Å². The summed E-state index contributed by atoms with van der Waals surface area (Å²) in [5.41, 5.74) is 3.95. The molecule has 0 aromatic rings. The normalized spacial score (nSPS) is 44.8. The number of carbonyl (C=O) groups is 1. The van der Waals surface area contributed by atoms with Gasteiger partial charge in [-0.05, 0) is 19.3 Å². The summed E-state index contributed by atoms with van der Waals surface area (Å²) in [6.07, 6.45) is 1.06. The van der Waals surface area contributed by atoms with Crippen molar-refractivity contribution in [1.29, 1.82) is 0 Å². The fourth-order valence-corrected chi connectivity index (χ4v) is 2.33. The Bertz CT molecular complexity index is 214. The van der Waals surface area contributed by atoms with Crippen molar-refractivity contribution < 1.29 is 14.3 Å². The van der Waals surface area contributed by atoms with Crippen LogP contribution in [0.4, 0.5) is 4.39 Å². The molecule has 1 atom stereocenters. The van der Waals surface area contributed by atoms with E-state index in [9.17, 15) is 9.18 Å². The Kier molecular flexibility index (Phi) is 1.89. The molecule has 3 nitrogen and oxygen atoms in total. The van der Waals surface area contributed by atoms with E-state index in [1.807, 2.05) is 0 Å². The first-order valence-corrected chi connectivity index (χ1v) is 3.65. The molecule has 0 aromatic heterocycles. The molecule has 3 fully saturated rings. The summed E-state index contributed by atoms with van der Waals surface area (Å²) in [6, 6.07) is -0.861. The lowest BCUT2D eigenvalue weighted by molar-refractivity contribution is -0.227. The number of halogens is 2. The molecule has 5 heteroatoms. The predicted octanol–water partition coefficient (Wildman–Crippen LogP) is 0.712. The maximum absolute atomic E-state index is 12.9. The van der Waals surface area contributed by atoms with Gasteiger partial charge in [-0.25, -0.2) is 4.39 Å². The molecule has 2 bridgehead atoms. The summed E-state index contributed by atoms with van der Waals surface area (Å²) < 4.78 is 12.9. The Labute approximate surface area is 75.5 Å². The van der Waals surface area contributed by atoms with Crippen LogP contribution in [0.1, 0.15) is 19.3 Å². The summed E-state index contributed by atoms with van der Waals surface area (Å²) in [6.45, 7) is 0. The molecular weight excluding hydrogens is 185 g/mol. The first-order valence-electron chi connectivity index (χ1n) is 3.65. The van der Waals surface area contributed by atoms with E-state index < -0.39 is 17.7 Å². The predicted molar refractivity (Wildman–Crippen MR) is 43.0 cm³/mol. The van der Waals surface area contributed by atoms with E-state index in [-0.39, 0.29) is 17.8 Å².